The molecule has 0 aliphatic carbocycles. The lowest BCUT2D eigenvalue weighted by Crippen LogP contribution is -2.59. The first-order valence-corrected chi connectivity index (χ1v) is 6.58. The van der Waals surface area contributed by atoms with Gasteiger partial charge in [-0.25, -0.2) is 4.79 Å². The second kappa shape index (κ2) is 6.96. The van der Waals surface area contributed by atoms with E-state index < -0.39 is 12.1 Å². The number of nitrogens with zero attached hydrogens (tertiary/aromatic N) is 2. The lowest BCUT2D eigenvalue weighted by atomic mass is 10.1. The van der Waals surface area contributed by atoms with Crippen LogP contribution < -0.4 is 10.6 Å². The molecular formula is C12H22N4O3. The van der Waals surface area contributed by atoms with Crippen molar-refractivity contribution in [3.05, 3.63) is 0 Å². The van der Waals surface area contributed by atoms with E-state index in [1.165, 1.54) is 7.05 Å². The van der Waals surface area contributed by atoms with E-state index in [2.05, 4.69) is 10.6 Å². The highest BCUT2D eigenvalue weighted by Gasteiger charge is 2.35. The molecule has 7 heteroatoms. The molecule has 1 heterocycles. The Bertz CT molecular complexity index is 359. The van der Waals surface area contributed by atoms with Crippen LogP contribution in [0.15, 0.2) is 0 Å². The number of likely N-dealkylation sites (N-methyl/N-ethyl adjacent to an activating group) is 1. The van der Waals surface area contributed by atoms with Gasteiger partial charge >= 0.3 is 6.03 Å². The molecule has 1 aliphatic heterocycles. The summed E-state index contributed by atoms with van der Waals surface area (Å²) < 4.78 is 0. The van der Waals surface area contributed by atoms with Crippen molar-refractivity contribution >= 4 is 17.8 Å². The van der Waals surface area contributed by atoms with Crippen LogP contribution in [0.4, 0.5) is 4.79 Å². The fourth-order valence-electron chi connectivity index (χ4n) is 2.19. The molecule has 1 aliphatic rings. The number of carbonyl (C=O) groups is 3. The monoisotopic (exact) mass is 270 g/mol. The van der Waals surface area contributed by atoms with Gasteiger partial charge in [-0.15, -0.1) is 0 Å². The van der Waals surface area contributed by atoms with Crippen LogP contribution in [0.2, 0.25) is 0 Å². The first-order valence-electron chi connectivity index (χ1n) is 6.58. The fraction of sp³-hybridized carbons (Fsp3) is 0.750. The summed E-state index contributed by atoms with van der Waals surface area (Å²) in [5.41, 5.74) is 0. The van der Waals surface area contributed by atoms with Crippen LogP contribution in [0.1, 0.15) is 20.3 Å². The number of amides is 4. The fourth-order valence-corrected chi connectivity index (χ4v) is 2.19. The Morgan fingerprint density at radius 1 is 1.32 bits per heavy atom. The standard InChI is InChI=1S/C12H22N4O3/c1-4-9-11(18)15(5-2)6-7-16(9)10(17)8-14-12(19)13-3/h9H,4-8H2,1-3H3,(H2,13,14,19). The van der Waals surface area contributed by atoms with E-state index in [1.54, 1.807) is 9.80 Å². The number of rotatable bonds is 4. The molecule has 0 aromatic carbocycles. The molecular weight excluding hydrogens is 248 g/mol. The summed E-state index contributed by atoms with van der Waals surface area (Å²) in [7, 11) is 1.48. The molecule has 19 heavy (non-hydrogen) atoms. The van der Waals surface area contributed by atoms with Gasteiger partial charge in [0, 0.05) is 26.7 Å². The van der Waals surface area contributed by atoms with Crippen molar-refractivity contribution in [3.63, 3.8) is 0 Å². The molecule has 0 aromatic rings. The van der Waals surface area contributed by atoms with E-state index in [-0.39, 0.29) is 18.4 Å². The molecule has 1 saturated heterocycles. The van der Waals surface area contributed by atoms with Crippen LogP contribution in [0.3, 0.4) is 0 Å². The molecule has 1 rings (SSSR count). The third-order valence-electron chi connectivity index (χ3n) is 3.30. The molecule has 0 bridgehead atoms. The van der Waals surface area contributed by atoms with Crippen LogP contribution >= 0.6 is 0 Å². The van der Waals surface area contributed by atoms with Crippen molar-refractivity contribution in [2.24, 2.45) is 0 Å². The summed E-state index contributed by atoms with van der Waals surface area (Å²) in [6.07, 6.45) is 0.584. The predicted molar refractivity (Wildman–Crippen MR) is 70.5 cm³/mol. The minimum absolute atomic E-state index is 0.00968. The van der Waals surface area contributed by atoms with Crippen LogP contribution in [0.5, 0.6) is 0 Å². The minimum atomic E-state index is -0.410. The molecule has 0 saturated carbocycles. The summed E-state index contributed by atoms with van der Waals surface area (Å²) in [6, 6.07) is -0.812. The third-order valence-corrected chi connectivity index (χ3v) is 3.30. The zero-order valence-corrected chi connectivity index (χ0v) is 11.7. The van der Waals surface area contributed by atoms with E-state index in [4.69, 9.17) is 0 Å². The van der Waals surface area contributed by atoms with Gasteiger partial charge in [-0.2, -0.15) is 0 Å². The third kappa shape index (κ3) is 3.59. The smallest absolute Gasteiger partial charge is 0.314 e. The number of hydrogen-bond acceptors (Lipinski definition) is 3. The van der Waals surface area contributed by atoms with E-state index in [0.29, 0.717) is 26.1 Å². The van der Waals surface area contributed by atoms with Crippen molar-refractivity contribution in [1.29, 1.82) is 0 Å². The highest BCUT2D eigenvalue weighted by Crippen LogP contribution is 2.14. The van der Waals surface area contributed by atoms with E-state index in [9.17, 15) is 14.4 Å². The van der Waals surface area contributed by atoms with Crippen molar-refractivity contribution in [2.45, 2.75) is 26.3 Å². The maximum atomic E-state index is 12.1. The van der Waals surface area contributed by atoms with Gasteiger partial charge < -0.3 is 20.4 Å². The number of urea groups is 1. The topological polar surface area (TPSA) is 81.8 Å². The number of nitrogens with one attached hydrogen (secondary N) is 2. The lowest BCUT2D eigenvalue weighted by Gasteiger charge is -2.40. The Labute approximate surface area is 113 Å². The van der Waals surface area contributed by atoms with Crippen LogP contribution in [0, 0.1) is 0 Å². The van der Waals surface area contributed by atoms with Gasteiger partial charge in [0.05, 0.1) is 6.54 Å². The molecule has 7 nitrogen and oxygen atoms in total. The van der Waals surface area contributed by atoms with Gasteiger partial charge in [-0.1, -0.05) is 6.92 Å². The van der Waals surface area contributed by atoms with Gasteiger partial charge in [-0.05, 0) is 13.3 Å². The molecule has 0 radical (unpaired) electrons. The zero-order valence-electron chi connectivity index (χ0n) is 11.7. The van der Waals surface area contributed by atoms with Gasteiger partial charge in [0.15, 0.2) is 0 Å². The summed E-state index contributed by atoms with van der Waals surface area (Å²) in [5, 5.41) is 4.83. The first kappa shape index (κ1) is 15.3. The molecule has 0 aromatic heterocycles. The Morgan fingerprint density at radius 3 is 2.53 bits per heavy atom. The average Bonchev–Trinajstić information content (AvgIpc) is 2.43. The lowest BCUT2D eigenvalue weighted by molar-refractivity contribution is -0.150. The summed E-state index contributed by atoms with van der Waals surface area (Å²) in [6.45, 7) is 5.46. The van der Waals surface area contributed by atoms with Gasteiger partial charge in [0.1, 0.15) is 6.04 Å². The second-order valence-electron chi connectivity index (χ2n) is 4.36. The second-order valence-corrected chi connectivity index (χ2v) is 4.36. The molecule has 108 valence electrons. The highest BCUT2D eigenvalue weighted by molar-refractivity contribution is 5.90. The average molecular weight is 270 g/mol. The van der Waals surface area contributed by atoms with Crippen molar-refractivity contribution in [2.75, 3.05) is 33.2 Å². The number of hydrogen-bond donors (Lipinski definition) is 2. The van der Waals surface area contributed by atoms with Crippen molar-refractivity contribution in [1.82, 2.24) is 20.4 Å². The van der Waals surface area contributed by atoms with Gasteiger partial charge in [-0.3, -0.25) is 9.59 Å². The quantitative estimate of drug-likeness (QED) is 0.714. The van der Waals surface area contributed by atoms with Crippen molar-refractivity contribution < 1.29 is 14.4 Å². The first-order chi connectivity index (χ1) is 9.04. The van der Waals surface area contributed by atoms with Crippen LogP contribution in [-0.4, -0.2) is 66.9 Å². The maximum Gasteiger partial charge on any atom is 0.314 e. The summed E-state index contributed by atoms with van der Waals surface area (Å²) in [5.74, 6) is -0.232. The number of piperazine rings is 1. The van der Waals surface area contributed by atoms with Crippen LogP contribution in [0.25, 0.3) is 0 Å². The van der Waals surface area contributed by atoms with E-state index >= 15 is 0 Å². The molecule has 0 spiro atoms. The SMILES string of the molecule is CCC1C(=O)N(CC)CCN1C(=O)CNC(=O)NC. The van der Waals surface area contributed by atoms with Gasteiger partial charge in [0.2, 0.25) is 11.8 Å². The summed E-state index contributed by atoms with van der Waals surface area (Å²) >= 11 is 0. The van der Waals surface area contributed by atoms with Gasteiger partial charge in [0.25, 0.3) is 0 Å². The number of carbonyl (C=O) groups excluding carboxylic acids is 3. The normalized spacial score (nSPS) is 19.3. The minimum Gasteiger partial charge on any atom is -0.341 e. The highest BCUT2D eigenvalue weighted by atomic mass is 16.2. The van der Waals surface area contributed by atoms with Crippen molar-refractivity contribution in [3.8, 4) is 0 Å². The molecule has 1 fully saturated rings. The van der Waals surface area contributed by atoms with Crippen LogP contribution in [-0.2, 0) is 9.59 Å². The Hall–Kier alpha value is -1.79. The Morgan fingerprint density at radius 2 is 2.00 bits per heavy atom. The largest absolute Gasteiger partial charge is 0.341 e. The van der Waals surface area contributed by atoms with E-state index in [0.717, 1.165) is 0 Å². The van der Waals surface area contributed by atoms with E-state index in [1.807, 2.05) is 13.8 Å². The Kier molecular flexibility index (Phi) is 5.59. The predicted octanol–water partition coefficient (Wildman–Crippen LogP) is -0.615. The zero-order chi connectivity index (χ0) is 14.4. The Balaban J connectivity index is 2.63. The summed E-state index contributed by atoms with van der Waals surface area (Å²) in [4.78, 5) is 38.5. The molecule has 4 amide bonds. The molecule has 1 atom stereocenters. The molecule has 2 N–H and O–H groups in total. The molecule has 1 unspecified atom stereocenters. The maximum absolute atomic E-state index is 12.1.